The van der Waals surface area contributed by atoms with Crippen LogP contribution in [0.1, 0.15) is 104 Å². The van der Waals surface area contributed by atoms with E-state index in [2.05, 4.69) is 31.1 Å². The summed E-state index contributed by atoms with van der Waals surface area (Å²) < 4.78 is 6.27. The van der Waals surface area contributed by atoms with E-state index in [9.17, 15) is 9.59 Å². The van der Waals surface area contributed by atoms with Crippen LogP contribution in [0.25, 0.3) is 0 Å². The van der Waals surface area contributed by atoms with Gasteiger partial charge in [0.1, 0.15) is 5.60 Å². The summed E-state index contributed by atoms with van der Waals surface area (Å²) in [5.74, 6) is 5.61. The quantitative estimate of drug-likeness (QED) is 0.509. The van der Waals surface area contributed by atoms with E-state index in [0.29, 0.717) is 23.3 Å². The van der Waals surface area contributed by atoms with Crippen LogP contribution in [-0.2, 0) is 9.53 Å². The molecular weight excluding hydrogens is 448 g/mol. The van der Waals surface area contributed by atoms with Gasteiger partial charge in [0.2, 0.25) is 5.91 Å². The topological polar surface area (TPSA) is 58.6 Å². The van der Waals surface area contributed by atoms with E-state index in [4.69, 9.17) is 4.74 Å². The average molecular weight is 497 g/mol. The van der Waals surface area contributed by atoms with Gasteiger partial charge >= 0.3 is 6.09 Å². The number of hydrogen-bond donors (Lipinski definition) is 1. The number of alkyl carbamates (subject to hydrolysis) is 1. The minimum absolute atomic E-state index is 0.138. The lowest BCUT2D eigenvalue weighted by molar-refractivity contribution is -0.158. The number of amides is 2. The Kier molecular flexibility index (Phi) is 5.37. The fraction of sp³-hybridized carbons (Fsp3) is 0.935. The Bertz CT molecular complexity index is 897. The molecule has 200 valence electrons. The molecule has 0 unspecified atom stereocenters. The van der Waals surface area contributed by atoms with Crippen molar-refractivity contribution in [3.8, 4) is 0 Å². The first kappa shape index (κ1) is 23.8. The first-order chi connectivity index (χ1) is 17.2. The van der Waals surface area contributed by atoms with Gasteiger partial charge in [-0.1, -0.05) is 13.8 Å². The maximum atomic E-state index is 13.1. The number of fused-ring (bicyclic) bond motifs is 5. The molecule has 1 saturated heterocycles. The second-order valence-electron chi connectivity index (χ2n) is 15.2. The largest absolute Gasteiger partial charge is 0.443 e. The van der Waals surface area contributed by atoms with Gasteiger partial charge in [-0.05, 0) is 136 Å². The van der Waals surface area contributed by atoms with Crippen LogP contribution in [0.2, 0.25) is 0 Å². The summed E-state index contributed by atoms with van der Waals surface area (Å²) in [6.07, 6.45) is 16.7. The van der Waals surface area contributed by atoms with Crippen molar-refractivity contribution < 1.29 is 14.3 Å². The molecule has 1 N–H and O–H groups in total. The maximum Gasteiger partial charge on any atom is 0.407 e. The highest BCUT2D eigenvalue weighted by Gasteiger charge is 2.61. The smallest absolute Gasteiger partial charge is 0.407 e. The molecule has 36 heavy (non-hydrogen) atoms. The molecule has 8 aliphatic rings. The van der Waals surface area contributed by atoms with Crippen LogP contribution in [0.4, 0.5) is 4.79 Å². The Hall–Kier alpha value is -1.26. The van der Waals surface area contributed by atoms with E-state index in [1.807, 2.05) is 0 Å². The van der Waals surface area contributed by atoms with Gasteiger partial charge in [-0.25, -0.2) is 4.79 Å². The van der Waals surface area contributed by atoms with Crippen molar-refractivity contribution in [1.29, 1.82) is 0 Å². The van der Waals surface area contributed by atoms with Gasteiger partial charge < -0.3 is 15.0 Å². The minimum atomic E-state index is -0.151. The van der Waals surface area contributed by atoms with Crippen molar-refractivity contribution in [2.75, 3.05) is 13.6 Å². The van der Waals surface area contributed by atoms with Crippen molar-refractivity contribution in [3.63, 3.8) is 0 Å². The standard InChI is InChI=1S/C31H48N2O3/c1-29-10-8-25-23(5-7-26-30(25,2)11-9-27(34)33(26)3)24(29)6-4-22(29)18-32-28(35)36-31-15-19-12-20(16-31)14-21(13-19)17-31/h19-26H,4-18H2,1-3H3,(H,32,35)/t19?,20?,21?,22-,23+,24+,25+,26-,29-,30-,31?/m1/s1. The number of rotatable bonds is 3. The predicted octanol–water partition coefficient (Wildman–Crippen LogP) is 6.16. The molecule has 0 radical (unpaired) electrons. The molecule has 0 aromatic heterocycles. The molecule has 5 nitrogen and oxygen atoms in total. The number of ether oxygens (including phenoxy) is 1. The van der Waals surface area contributed by atoms with Crippen LogP contribution in [-0.4, -0.2) is 42.1 Å². The molecule has 0 spiro atoms. The van der Waals surface area contributed by atoms with Crippen molar-refractivity contribution >= 4 is 12.0 Å². The fourth-order valence-electron chi connectivity index (χ4n) is 12.2. The first-order valence-electron chi connectivity index (χ1n) is 15.4. The third-order valence-corrected chi connectivity index (χ3v) is 13.5. The molecule has 1 heterocycles. The van der Waals surface area contributed by atoms with E-state index < -0.39 is 0 Å². The van der Waals surface area contributed by atoms with Crippen molar-refractivity contribution in [2.45, 2.75) is 115 Å². The predicted molar refractivity (Wildman–Crippen MR) is 139 cm³/mol. The SMILES string of the molecule is CN1C(=O)CC[C@]2(C)[C@H]3CC[C@]4(C)[C@@H](CNC(=O)OC56CC7CC(CC(C7)C5)C6)CC[C@H]4[C@@H]3CC[C@@H]12. The Morgan fingerprint density at radius 2 is 1.58 bits per heavy atom. The molecule has 2 amide bonds. The number of nitrogens with zero attached hydrogens (tertiary/aromatic N) is 1. The van der Waals surface area contributed by atoms with Crippen LogP contribution in [0.5, 0.6) is 0 Å². The summed E-state index contributed by atoms with van der Waals surface area (Å²) in [5, 5.41) is 3.29. The molecule has 8 fully saturated rings. The lowest BCUT2D eigenvalue weighted by Crippen LogP contribution is -2.61. The normalized spacial score (nSPS) is 53.0. The molecule has 7 saturated carbocycles. The van der Waals surface area contributed by atoms with E-state index in [-0.39, 0.29) is 17.1 Å². The van der Waals surface area contributed by atoms with Gasteiger partial charge in [0, 0.05) is 26.1 Å². The summed E-state index contributed by atoms with van der Waals surface area (Å²) in [6.45, 7) is 5.84. The zero-order chi connectivity index (χ0) is 24.9. The zero-order valence-electron chi connectivity index (χ0n) is 22.9. The number of nitrogens with one attached hydrogen (secondary N) is 1. The van der Waals surface area contributed by atoms with Crippen LogP contribution in [0, 0.1) is 52.3 Å². The summed E-state index contributed by atoms with van der Waals surface area (Å²) >= 11 is 0. The zero-order valence-corrected chi connectivity index (χ0v) is 22.9. The molecular formula is C31H48N2O3. The van der Waals surface area contributed by atoms with Gasteiger partial charge in [-0.2, -0.15) is 0 Å². The van der Waals surface area contributed by atoms with Crippen molar-refractivity contribution in [1.82, 2.24) is 10.2 Å². The lowest BCUT2D eigenvalue weighted by atomic mass is 9.47. The van der Waals surface area contributed by atoms with Gasteiger partial charge in [0.05, 0.1) is 0 Å². The molecule has 1 aliphatic heterocycles. The molecule has 7 atom stereocenters. The second-order valence-corrected chi connectivity index (χ2v) is 15.2. The van der Waals surface area contributed by atoms with Crippen LogP contribution >= 0.6 is 0 Å². The van der Waals surface area contributed by atoms with Gasteiger partial charge in [0.15, 0.2) is 0 Å². The Labute approximate surface area is 217 Å². The molecule has 0 aromatic rings. The van der Waals surface area contributed by atoms with Gasteiger partial charge in [-0.15, -0.1) is 0 Å². The Balaban J connectivity index is 0.998. The van der Waals surface area contributed by atoms with Crippen LogP contribution < -0.4 is 5.32 Å². The maximum absolute atomic E-state index is 13.1. The highest BCUT2D eigenvalue weighted by molar-refractivity contribution is 5.77. The third kappa shape index (κ3) is 3.45. The van der Waals surface area contributed by atoms with Gasteiger partial charge in [-0.3, -0.25) is 4.79 Å². The Morgan fingerprint density at radius 3 is 2.28 bits per heavy atom. The number of hydrogen-bond acceptors (Lipinski definition) is 3. The van der Waals surface area contributed by atoms with E-state index in [0.717, 1.165) is 74.2 Å². The summed E-state index contributed by atoms with van der Waals surface area (Å²) in [7, 11) is 2.05. The molecule has 5 heteroatoms. The second kappa shape index (κ2) is 8.12. The highest BCUT2D eigenvalue weighted by Crippen LogP contribution is 2.66. The van der Waals surface area contributed by atoms with Crippen LogP contribution in [0.3, 0.4) is 0 Å². The average Bonchev–Trinajstić information content (AvgIpc) is 3.15. The highest BCUT2D eigenvalue weighted by atomic mass is 16.6. The third-order valence-electron chi connectivity index (χ3n) is 13.5. The monoisotopic (exact) mass is 496 g/mol. The number of likely N-dealkylation sites (tertiary alicyclic amines) is 1. The number of carbonyl (C=O) groups is 2. The Morgan fingerprint density at radius 1 is 0.917 bits per heavy atom. The lowest BCUT2D eigenvalue weighted by Gasteiger charge is -2.61. The summed E-state index contributed by atoms with van der Waals surface area (Å²) in [4.78, 5) is 27.6. The molecule has 8 rings (SSSR count). The first-order valence-corrected chi connectivity index (χ1v) is 15.4. The molecule has 7 aliphatic carbocycles. The van der Waals surface area contributed by atoms with Crippen molar-refractivity contribution in [2.24, 2.45) is 52.3 Å². The van der Waals surface area contributed by atoms with Crippen molar-refractivity contribution in [3.05, 3.63) is 0 Å². The molecule has 0 aromatic carbocycles. The minimum Gasteiger partial charge on any atom is -0.443 e. The fourth-order valence-corrected chi connectivity index (χ4v) is 12.2. The van der Waals surface area contributed by atoms with E-state index in [1.54, 1.807) is 0 Å². The molecule has 4 bridgehead atoms. The summed E-state index contributed by atoms with van der Waals surface area (Å²) in [6, 6.07) is 0.433. The summed E-state index contributed by atoms with van der Waals surface area (Å²) in [5.41, 5.74) is 0.460. The van der Waals surface area contributed by atoms with E-state index >= 15 is 0 Å². The number of carbonyl (C=O) groups excluding carboxylic acids is 2. The van der Waals surface area contributed by atoms with E-state index in [1.165, 1.54) is 57.8 Å². The number of piperidine rings is 1. The van der Waals surface area contributed by atoms with Gasteiger partial charge in [0.25, 0.3) is 0 Å². The van der Waals surface area contributed by atoms with Crippen LogP contribution in [0.15, 0.2) is 0 Å².